The zero-order chi connectivity index (χ0) is 13.6. The lowest BCUT2D eigenvalue weighted by atomic mass is 9.95. The molecule has 18 heavy (non-hydrogen) atoms. The molecule has 1 aliphatic heterocycles. The van der Waals surface area contributed by atoms with Crippen molar-refractivity contribution in [2.24, 2.45) is 7.05 Å². The number of sulfonamides is 1. The van der Waals surface area contributed by atoms with Crippen LogP contribution in [0, 0.1) is 0 Å². The molecular formula is C9H15BrN4O3S. The smallest absolute Gasteiger partial charge is 0.263 e. The van der Waals surface area contributed by atoms with Gasteiger partial charge in [0.2, 0.25) is 5.03 Å². The molecule has 0 aliphatic carbocycles. The Morgan fingerprint density at radius 1 is 1.39 bits per heavy atom. The number of piperidine rings is 1. The Labute approximate surface area is 114 Å². The van der Waals surface area contributed by atoms with Crippen molar-refractivity contribution >= 4 is 26.0 Å². The zero-order valence-corrected chi connectivity index (χ0v) is 12.6. The van der Waals surface area contributed by atoms with E-state index < -0.39 is 15.6 Å². The Balaban J connectivity index is 2.29. The quantitative estimate of drug-likeness (QED) is 0.826. The number of aryl methyl sites for hydroxylation is 1. The van der Waals surface area contributed by atoms with Crippen LogP contribution in [0.5, 0.6) is 0 Å². The van der Waals surface area contributed by atoms with E-state index in [0.717, 1.165) is 0 Å². The number of halogens is 1. The lowest BCUT2D eigenvalue weighted by molar-refractivity contribution is 0.0125. The fourth-order valence-electron chi connectivity index (χ4n) is 1.93. The molecule has 7 nitrogen and oxygen atoms in total. The Morgan fingerprint density at radius 3 is 2.39 bits per heavy atom. The third-order valence-corrected chi connectivity index (χ3v) is 5.91. The third-order valence-electron chi connectivity index (χ3n) is 3.12. The highest BCUT2D eigenvalue weighted by Crippen LogP contribution is 2.28. The first-order chi connectivity index (χ1) is 8.24. The maximum atomic E-state index is 12.4. The van der Waals surface area contributed by atoms with E-state index in [9.17, 15) is 13.5 Å². The molecule has 1 aromatic heterocycles. The molecule has 0 unspecified atom stereocenters. The summed E-state index contributed by atoms with van der Waals surface area (Å²) < 4.78 is 27.6. The van der Waals surface area contributed by atoms with Gasteiger partial charge in [0.15, 0.2) is 4.60 Å². The van der Waals surface area contributed by atoms with Gasteiger partial charge in [0.1, 0.15) is 0 Å². The Hall–Kier alpha value is -0.510. The van der Waals surface area contributed by atoms with E-state index in [1.165, 1.54) is 16.0 Å². The van der Waals surface area contributed by atoms with Crippen LogP contribution < -0.4 is 0 Å². The fraction of sp³-hybridized carbons (Fsp3) is 0.778. The molecule has 0 spiro atoms. The van der Waals surface area contributed by atoms with Crippen molar-refractivity contribution in [1.82, 2.24) is 19.3 Å². The largest absolute Gasteiger partial charge is 0.390 e. The first kappa shape index (κ1) is 13.9. The summed E-state index contributed by atoms with van der Waals surface area (Å²) in [5.74, 6) is 0. The van der Waals surface area contributed by atoms with E-state index in [1.807, 2.05) is 0 Å². The van der Waals surface area contributed by atoms with Gasteiger partial charge in [-0.25, -0.2) is 13.1 Å². The van der Waals surface area contributed by atoms with Gasteiger partial charge in [0.25, 0.3) is 10.0 Å². The van der Waals surface area contributed by atoms with Crippen LogP contribution in [0.25, 0.3) is 0 Å². The Morgan fingerprint density at radius 2 is 1.94 bits per heavy atom. The van der Waals surface area contributed by atoms with E-state index in [-0.39, 0.29) is 9.63 Å². The molecule has 9 heteroatoms. The minimum absolute atomic E-state index is 0.0454. The van der Waals surface area contributed by atoms with E-state index in [2.05, 4.69) is 26.2 Å². The van der Waals surface area contributed by atoms with Crippen LogP contribution in [-0.4, -0.2) is 51.5 Å². The number of hydrogen-bond donors (Lipinski definition) is 1. The van der Waals surface area contributed by atoms with E-state index >= 15 is 0 Å². The SMILES string of the molecule is Cn1nnc(Br)c1S(=O)(=O)N1CCC(C)(O)CC1. The first-order valence-corrected chi connectivity index (χ1v) is 7.75. The molecule has 1 saturated heterocycles. The molecule has 0 atom stereocenters. The third kappa shape index (κ3) is 2.44. The number of nitrogens with zero attached hydrogens (tertiary/aromatic N) is 4. The van der Waals surface area contributed by atoms with Gasteiger partial charge in [-0.2, -0.15) is 4.31 Å². The van der Waals surface area contributed by atoms with Crippen LogP contribution in [0.3, 0.4) is 0 Å². The topological polar surface area (TPSA) is 88.3 Å². The fourth-order valence-corrected chi connectivity index (χ4v) is 4.40. The van der Waals surface area contributed by atoms with E-state index in [0.29, 0.717) is 25.9 Å². The summed E-state index contributed by atoms with van der Waals surface area (Å²) in [6, 6.07) is 0. The highest BCUT2D eigenvalue weighted by molar-refractivity contribution is 9.10. The number of aliphatic hydroxyl groups is 1. The summed E-state index contributed by atoms with van der Waals surface area (Å²) in [5.41, 5.74) is -0.784. The number of aromatic nitrogens is 3. The van der Waals surface area contributed by atoms with Crippen molar-refractivity contribution in [2.75, 3.05) is 13.1 Å². The van der Waals surface area contributed by atoms with Crippen molar-refractivity contribution in [3.63, 3.8) is 0 Å². The molecule has 0 bridgehead atoms. The summed E-state index contributed by atoms with van der Waals surface area (Å²) in [5, 5.41) is 17.2. The average molecular weight is 339 g/mol. The molecule has 0 saturated carbocycles. The van der Waals surface area contributed by atoms with E-state index in [4.69, 9.17) is 0 Å². The Bertz CT molecular complexity index is 525. The second-order valence-electron chi connectivity index (χ2n) is 4.71. The minimum Gasteiger partial charge on any atom is -0.390 e. The van der Waals surface area contributed by atoms with Gasteiger partial charge in [-0.15, -0.1) is 5.10 Å². The predicted octanol–water partition coefficient (Wildman–Crippen LogP) is 0.113. The lowest BCUT2D eigenvalue weighted by Gasteiger charge is -2.34. The van der Waals surface area contributed by atoms with Crippen LogP contribution in [0.15, 0.2) is 9.63 Å². The number of rotatable bonds is 2. The van der Waals surface area contributed by atoms with Gasteiger partial charge in [-0.05, 0) is 35.7 Å². The summed E-state index contributed by atoms with van der Waals surface area (Å²) in [6.07, 6.45) is 0.851. The van der Waals surface area contributed by atoms with Crippen LogP contribution in [0.1, 0.15) is 19.8 Å². The molecule has 1 aliphatic rings. The molecule has 1 fully saturated rings. The van der Waals surface area contributed by atoms with Gasteiger partial charge >= 0.3 is 0 Å². The molecule has 2 heterocycles. The minimum atomic E-state index is -3.62. The average Bonchev–Trinajstić information content (AvgIpc) is 2.58. The monoisotopic (exact) mass is 338 g/mol. The van der Waals surface area contributed by atoms with Crippen LogP contribution in [0.4, 0.5) is 0 Å². The molecule has 0 aromatic carbocycles. The van der Waals surface area contributed by atoms with Crippen LogP contribution in [-0.2, 0) is 17.1 Å². The molecule has 102 valence electrons. The molecule has 0 amide bonds. The maximum Gasteiger partial charge on any atom is 0.263 e. The van der Waals surface area contributed by atoms with Gasteiger partial charge in [-0.1, -0.05) is 5.21 Å². The molecule has 1 N–H and O–H groups in total. The second kappa shape index (κ2) is 4.55. The van der Waals surface area contributed by atoms with E-state index in [1.54, 1.807) is 6.92 Å². The molecular weight excluding hydrogens is 324 g/mol. The first-order valence-electron chi connectivity index (χ1n) is 5.52. The zero-order valence-electron chi connectivity index (χ0n) is 10.2. The second-order valence-corrected chi connectivity index (χ2v) is 7.31. The van der Waals surface area contributed by atoms with Crippen molar-refractivity contribution < 1.29 is 13.5 Å². The van der Waals surface area contributed by atoms with Crippen molar-refractivity contribution in [2.45, 2.75) is 30.4 Å². The number of hydrogen-bond acceptors (Lipinski definition) is 5. The summed E-state index contributed by atoms with van der Waals surface area (Å²) in [7, 11) is -2.08. The molecule has 2 rings (SSSR count). The van der Waals surface area contributed by atoms with Crippen molar-refractivity contribution in [3.05, 3.63) is 4.60 Å². The van der Waals surface area contributed by atoms with Gasteiger partial charge in [0, 0.05) is 20.1 Å². The summed E-state index contributed by atoms with van der Waals surface area (Å²) in [4.78, 5) is 0. The van der Waals surface area contributed by atoms with Gasteiger partial charge in [0.05, 0.1) is 5.60 Å². The normalized spacial score (nSPS) is 21.1. The van der Waals surface area contributed by atoms with Crippen LogP contribution >= 0.6 is 15.9 Å². The van der Waals surface area contributed by atoms with Gasteiger partial charge in [-0.3, -0.25) is 0 Å². The molecule has 1 aromatic rings. The molecule has 0 radical (unpaired) electrons. The van der Waals surface area contributed by atoms with Gasteiger partial charge < -0.3 is 5.11 Å². The highest BCUT2D eigenvalue weighted by atomic mass is 79.9. The standard InChI is InChI=1S/C9H15BrN4O3S/c1-9(15)3-5-14(6-4-9)18(16,17)8-7(10)11-12-13(8)2/h15H,3-6H2,1-2H3. The van der Waals surface area contributed by atoms with Crippen LogP contribution in [0.2, 0.25) is 0 Å². The highest BCUT2D eigenvalue weighted by Gasteiger charge is 2.36. The summed E-state index contributed by atoms with van der Waals surface area (Å²) >= 11 is 3.09. The maximum absolute atomic E-state index is 12.4. The van der Waals surface area contributed by atoms with Crippen molar-refractivity contribution in [3.8, 4) is 0 Å². The lowest BCUT2D eigenvalue weighted by Crippen LogP contribution is -2.45. The summed E-state index contributed by atoms with van der Waals surface area (Å²) in [6.45, 7) is 2.32. The Kier molecular flexibility index (Phi) is 3.52. The predicted molar refractivity (Wildman–Crippen MR) is 67.3 cm³/mol. The van der Waals surface area contributed by atoms with Crippen molar-refractivity contribution in [1.29, 1.82) is 0 Å².